The minimum atomic E-state index is -0.587. The monoisotopic (exact) mass is 567 g/mol. The van der Waals surface area contributed by atoms with Gasteiger partial charge in [-0.15, -0.1) is 5.10 Å². The summed E-state index contributed by atoms with van der Waals surface area (Å²) >= 11 is 0. The Labute approximate surface area is 243 Å². The maximum Gasteiger partial charge on any atom is 0.245 e. The number of rotatable bonds is 10. The molecule has 12 nitrogen and oxygen atoms in total. The molecule has 2 fully saturated rings. The number of fused-ring (bicyclic) bond motifs is 2. The summed E-state index contributed by atoms with van der Waals surface area (Å²) in [6.45, 7) is 4.33. The Morgan fingerprint density at radius 2 is 1.93 bits per heavy atom. The number of carbonyl (C=O) groups is 3. The number of ketones is 2. The number of hydrogen-bond acceptors (Lipinski definition) is 10. The van der Waals surface area contributed by atoms with Crippen LogP contribution >= 0.6 is 0 Å². The van der Waals surface area contributed by atoms with Crippen LogP contribution in [0.2, 0.25) is 0 Å². The summed E-state index contributed by atoms with van der Waals surface area (Å²) in [7, 11) is 4.03. The topological polar surface area (TPSA) is 139 Å². The van der Waals surface area contributed by atoms with E-state index in [9.17, 15) is 14.4 Å². The molecule has 42 heavy (non-hydrogen) atoms. The van der Waals surface area contributed by atoms with Crippen molar-refractivity contribution in [2.24, 2.45) is 5.41 Å². The van der Waals surface area contributed by atoms with Gasteiger partial charge in [0.05, 0.1) is 17.8 Å². The van der Waals surface area contributed by atoms with Crippen LogP contribution in [0.15, 0.2) is 48.9 Å². The number of nitrogens with one attached hydrogen (secondary N) is 1. The van der Waals surface area contributed by atoms with E-state index in [4.69, 9.17) is 0 Å². The first kappa shape index (κ1) is 27.6. The third kappa shape index (κ3) is 5.25. The summed E-state index contributed by atoms with van der Waals surface area (Å²) in [6.07, 6.45) is 7.20. The second-order valence-corrected chi connectivity index (χ2v) is 11.7. The molecule has 1 saturated carbocycles. The third-order valence-corrected chi connectivity index (χ3v) is 8.23. The first-order valence-electron chi connectivity index (χ1n) is 14.0. The van der Waals surface area contributed by atoms with Gasteiger partial charge in [-0.1, -0.05) is 13.0 Å². The Morgan fingerprint density at radius 3 is 2.62 bits per heavy atom. The standard InChI is InChI=1S/C30H33N9O3/c1-18(40)28-20-12-26(34-25-6-5-10-33-35-25)32-16-23(20)38(36-28)17-27(41)39-22(13-30(2)14-24(30)39)29(42)21-8-7-19(15-31-21)9-11-37(3)4/h5-8,10,12,15-16,22,24H,9,11,13-14,17H2,1-4H3,(H,32,34,35). The number of piperidine rings is 1. The minimum absolute atomic E-state index is 0.00618. The molecule has 1 N–H and O–H groups in total. The maximum atomic E-state index is 13.8. The highest BCUT2D eigenvalue weighted by molar-refractivity contribution is 6.06. The van der Waals surface area contributed by atoms with E-state index >= 15 is 0 Å². The van der Waals surface area contributed by atoms with E-state index in [1.165, 1.54) is 11.6 Å². The van der Waals surface area contributed by atoms with Crippen molar-refractivity contribution in [1.29, 1.82) is 0 Å². The molecule has 1 saturated heterocycles. The Morgan fingerprint density at radius 1 is 1.10 bits per heavy atom. The number of likely N-dealkylation sites (tertiary alicyclic amines) is 1. The highest BCUT2D eigenvalue weighted by Gasteiger charge is 2.64. The highest BCUT2D eigenvalue weighted by Crippen LogP contribution is 2.59. The zero-order valence-electron chi connectivity index (χ0n) is 24.1. The fourth-order valence-corrected chi connectivity index (χ4v) is 5.83. The number of pyridine rings is 2. The van der Waals surface area contributed by atoms with Crippen LogP contribution in [0.4, 0.5) is 11.6 Å². The predicted molar refractivity (Wildman–Crippen MR) is 155 cm³/mol. The number of likely N-dealkylation sites (N-methyl/N-ethyl adjacent to an activating group) is 1. The van der Waals surface area contributed by atoms with Crippen LogP contribution in [-0.2, 0) is 17.8 Å². The minimum Gasteiger partial charge on any atom is -0.327 e. The van der Waals surface area contributed by atoms with Crippen LogP contribution < -0.4 is 5.32 Å². The molecule has 3 unspecified atom stereocenters. The van der Waals surface area contributed by atoms with E-state index in [0.29, 0.717) is 34.7 Å². The van der Waals surface area contributed by atoms with Crippen molar-refractivity contribution in [1.82, 2.24) is 39.7 Å². The maximum absolute atomic E-state index is 13.8. The molecule has 0 spiro atoms. The first-order chi connectivity index (χ1) is 20.1. The number of nitrogens with zero attached hydrogens (tertiary/aromatic N) is 8. The van der Waals surface area contributed by atoms with Gasteiger partial charge in [-0.05, 0) is 68.6 Å². The molecule has 4 aromatic rings. The number of carbonyl (C=O) groups excluding carboxylic acids is 3. The van der Waals surface area contributed by atoms with Crippen LogP contribution in [0.5, 0.6) is 0 Å². The van der Waals surface area contributed by atoms with Gasteiger partial charge in [0.15, 0.2) is 11.6 Å². The third-order valence-electron chi connectivity index (χ3n) is 8.23. The van der Waals surface area contributed by atoms with Gasteiger partial charge in [-0.2, -0.15) is 10.2 Å². The van der Waals surface area contributed by atoms with Crippen LogP contribution in [-0.4, -0.2) is 89.9 Å². The molecule has 6 rings (SSSR count). The Balaban J connectivity index is 1.24. The summed E-state index contributed by atoms with van der Waals surface area (Å²) < 4.78 is 1.50. The number of amides is 1. The average Bonchev–Trinajstić information content (AvgIpc) is 3.34. The van der Waals surface area contributed by atoms with E-state index in [-0.39, 0.29) is 41.2 Å². The Hall–Kier alpha value is -4.58. The molecule has 0 bridgehead atoms. The number of aromatic nitrogens is 6. The lowest BCUT2D eigenvalue weighted by atomic mass is 9.97. The van der Waals surface area contributed by atoms with Gasteiger partial charge in [-0.25, -0.2) is 4.98 Å². The van der Waals surface area contributed by atoms with E-state index < -0.39 is 6.04 Å². The van der Waals surface area contributed by atoms with Gasteiger partial charge in [0.2, 0.25) is 11.7 Å². The molecule has 4 aromatic heterocycles. The quantitative estimate of drug-likeness (QED) is 0.285. The Kier molecular flexibility index (Phi) is 7.01. The summed E-state index contributed by atoms with van der Waals surface area (Å²) in [4.78, 5) is 52.7. The zero-order chi connectivity index (χ0) is 29.6. The zero-order valence-corrected chi connectivity index (χ0v) is 24.1. The van der Waals surface area contributed by atoms with Crippen LogP contribution in [0.25, 0.3) is 10.9 Å². The smallest absolute Gasteiger partial charge is 0.245 e. The summed E-state index contributed by atoms with van der Waals surface area (Å²) in [5.41, 5.74) is 2.14. The summed E-state index contributed by atoms with van der Waals surface area (Å²) in [5, 5.41) is 16.0. The molecular weight excluding hydrogens is 534 g/mol. The lowest BCUT2D eigenvalue weighted by molar-refractivity contribution is -0.133. The van der Waals surface area contributed by atoms with Crippen molar-refractivity contribution in [2.45, 2.75) is 51.7 Å². The number of Topliss-reactive ketones (excluding diaryl/α,β-unsaturated/α-hetero) is 2. The second-order valence-electron chi connectivity index (χ2n) is 11.7. The van der Waals surface area contributed by atoms with Gasteiger partial charge >= 0.3 is 0 Å². The van der Waals surface area contributed by atoms with Crippen LogP contribution in [0.3, 0.4) is 0 Å². The molecule has 0 radical (unpaired) electrons. The van der Waals surface area contributed by atoms with E-state index in [2.05, 4.69) is 42.4 Å². The highest BCUT2D eigenvalue weighted by atomic mass is 16.2. The van der Waals surface area contributed by atoms with Gasteiger partial charge < -0.3 is 15.1 Å². The van der Waals surface area contributed by atoms with Crippen molar-refractivity contribution in [2.75, 3.05) is 26.0 Å². The average molecular weight is 568 g/mol. The first-order valence-corrected chi connectivity index (χ1v) is 14.0. The molecule has 216 valence electrons. The molecular formula is C30H33N9O3. The van der Waals surface area contributed by atoms with Crippen molar-refractivity contribution in [3.05, 3.63) is 65.9 Å². The molecule has 1 aliphatic heterocycles. The van der Waals surface area contributed by atoms with Gasteiger partial charge in [-0.3, -0.25) is 24.0 Å². The molecule has 12 heteroatoms. The van der Waals surface area contributed by atoms with Crippen molar-refractivity contribution in [3.63, 3.8) is 0 Å². The summed E-state index contributed by atoms with van der Waals surface area (Å²) in [6, 6.07) is 8.32. The van der Waals surface area contributed by atoms with Crippen molar-refractivity contribution < 1.29 is 14.4 Å². The molecule has 0 aromatic carbocycles. The molecule has 2 aliphatic rings. The van der Waals surface area contributed by atoms with Crippen LogP contribution in [0, 0.1) is 5.41 Å². The fraction of sp³-hybridized carbons (Fsp3) is 0.400. The van der Waals surface area contributed by atoms with Gasteiger partial charge in [0.25, 0.3) is 0 Å². The predicted octanol–water partition coefficient (Wildman–Crippen LogP) is 2.93. The van der Waals surface area contributed by atoms with Crippen molar-refractivity contribution in [3.8, 4) is 0 Å². The van der Waals surface area contributed by atoms with E-state index in [0.717, 1.165) is 24.9 Å². The van der Waals surface area contributed by atoms with Gasteiger partial charge in [0, 0.05) is 37.3 Å². The second kappa shape index (κ2) is 10.7. The lowest BCUT2D eigenvalue weighted by Crippen LogP contribution is -2.45. The number of anilines is 2. The molecule has 3 atom stereocenters. The lowest BCUT2D eigenvalue weighted by Gasteiger charge is -2.26. The summed E-state index contributed by atoms with van der Waals surface area (Å²) in [5.74, 6) is 0.379. The number of hydrogen-bond donors (Lipinski definition) is 1. The largest absolute Gasteiger partial charge is 0.327 e. The normalized spacial score (nSPS) is 21.0. The SMILES string of the molecule is CC(=O)c1nn(CC(=O)N2C(C(=O)c3ccc(CCN(C)C)cn3)CC3(C)CC23)c2cnc(Nc3cccnn3)cc12. The van der Waals surface area contributed by atoms with Crippen molar-refractivity contribution >= 4 is 40.0 Å². The van der Waals surface area contributed by atoms with Crippen LogP contribution in [0.1, 0.15) is 53.2 Å². The van der Waals surface area contributed by atoms with E-state index in [1.54, 1.807) is 47.8 Å². The fourth-order valence-electron chi connectivity index (χ4n) is 5.83. The molecule has 1 aliphatic carbocycles. The molecule has 5 heterocycles. The van der Waals surface area contributed by atoms with E-state index in [1.807, 2.05) is 20.2 Å². The van der Waals surface area contributed by atoms with Gasteiger partial charge in [0.1, 0.15) is 23.8 Å². The molecule has 1 amide bonds. The Bertz CT molecular complexity index is 1670.